The molecule has 1 aliphatic rings. The van der Waals surface area contributed by atoms with Crippen molar-refractivity contribution in [1.29, 1.82) is 0 Å². The van der Waals surface area contributed by atoms with E-state index in [1.807, 2.05) is 0 Å². The minimum Gasteiger partial charge on any atom is -0.462 e. The molecule has 1 fully saturated rings. The molecule has 1 rings (SSSR count). The summed E-state index contributed by atoms with van der Waals surface area (Å²) in [4.78, 5) is 35.4. The van der Waals surface area contributed by atoms with Gasteiger partial charge in [0.15, 0.2) is 6.10 Å². The average molecular weight is 781 g/mol. The first-order chi connectivity index (χ1) is 25.4. The predicted octanol–water partition coefficient (Wildman–Crippen LogP) is 6.72. The molecular weight excluding hydrogens is 707 g/mol. The molecule has 6 atom stereocenters. The van der Waals surface area contributed by atoms with Gasteiger partial charge in [-0.25, -0.2) is 4.57 Å². The van der Waals surface area contributed by atoms with Gasteiger partial charge in [0.2, 0.25) is 0 Å². The summed E-state index contributed by atoms with van der Waals surface area (Å²) < 4.78 is 33.3. The molecule has 1 saturated carbocycles. The van der Waals surface area contributed by atoms with Crippen molar-refractivity contribution < 1.29 is 63.1 Å². The number of phosphoric acid groups is 1. The Morgan fingerprint density at radius 2 is 0.962 bits per heavy atom. The molecule has 6 unspecified atom stereocenters. The predicted molar refractivity (Wildman–Crippen MR) is 203 cm³/mol. The van der Waals surface area contributed by atoms with E-state index >= 15 is 0 Å². The van der Waals surface area contributed by atoms with Crippen LogP contribution in [0.2, 0.25) is 0 Å². The van der Waals surface area contributed by atoms with Crippen LogP contribution in [0.3, 0.4) is 0 Å². The van der Waals surface area contributed by atoms with Crippen LogP contribution in [0, 0.1) is 0 Å². The third-order valence-electron chi connectivity index (χ3n) is 9.61. The maximum atomic E-state index is 12.7. The van der Waals surface area contributed by atoms with Crippen LogP contribution >= 0.6 is 7.82 Å². The van der Waals surface area contributed by atoms with Crippen molar-refractivity contribution in [2.24, 2.45) is 0 Å². The Hall–Kier alpha value is -1.41. The van der Waals surface area contributed by atoms with E-state index in [1.54, 1.807) is 0 Å². The molecule has 0 aromatic rings. The van der Waals surface area contributed by atoms with Gasteiger partial charge >= 0.3 is 19.8 Å². The zero-order chi connectivity index (χ0) is 39.3. The Bertz CT molecular complexity index is 996. The topological polar surface area (TPSA) is 210 Å². The number of carbonyl (C=O) groups excluding carboxylic acids is 2. The fourth-order valence-corrected chi connectivity index (χ4v) is 7.19. The second-order valence-electron chi connectivity index (χ2n) is 14.5. The minimum absolute atomic E-state index is 0.0901. The molecule has 312 valence electrons. The first-order valence-electron chi connectivity index (χ1n) is 20.5. The number of rotatable bonds is 33. The first kappa shape index (κ1) is 49.6. The summed E-state index contributed by atoms with van der Waals surface area (Å²) in [6.45, 7) is 3.24. The number of esters is 2. The van der Waals surface area contributed by atoms with Crippen LogP contribution in [0.25, 0.3) is 0 Å². The van der Waals surface area contributed by atoms with E-state index < -0.39 is 75.7 Å². The third kappa shape index (κ3) is 24.0. The van der Waals surface area contributed by atoms with Crippen LogP contribution in [-0.2, 0) is 32.7 Å². The van der Waals surface area contributed by atoms with Gasteiger partial charge in [-0.15, -0.1) is 0 Å². The van der Waals surface area contributed by atoms with Gasteiger partial charge in [0.1, 0.15) is 43.2 Å². The molecule has 6 N–H and O–H groups in total. The van der Waals surface area contributed by atoms with Gasteiger partial charge in [-0.1, -0.05) is 129 Å². The molecule has 14 heteroatoms. The van der Waals surface area contributed by atoms with E-state index in [9.17, 15) is 44.6 Å². The molecular formula is C39H73O13P. The number of phosphoric ester groups is 1. The van der Waals surface area contributed by atoms with E-state index in [4.69, 9.17) is 18.5 Å². The van der Waals surface area contributed by atoms with Crippen molar-refractivity contribution in [2.75, 3.05) is 13.2 Å². The highest BCUT2D eigenvalue weighted by Gasteiger charge is 2.51. The van der Waals surface area contributed by atoms with Crippen molar-refractivity contribution >= 4 is 19.8 Å². The number of aliphatic hydroxyl groups excluding tert-OH is 5. The van der Waals surface area contributed by atoms with Gasteiger partial charge in [0.05, 0.1) is 6.61 Å². The lowest BCUT2D eigenvalue weighted by molar-refractivity contribution is -0.220. The van der Waals surface area contributed by atoms with E-state index in [1.165, 1.54) is 70.6 Å². The fraction of sp³-hybridized carbons (Fsp3) is 0.897. The summed E-state index contributed by atoms with van der Waals surface area (Å²) in [5.41, 5.74) is 0. The summed E-state index contributed by atoms with van der Waals surface area (Å²) in [7, 11) is -5.11. The summed E-state index contributed by atoms with van der Waals surface area (Å²) in [5.74, 6) is -1.11. The van der Waals surface area contributed by atoms with Gasteiger partial charge < -0.3 is 39.9 Å². The molecule has 0 amide bonds. The van der Waals surface area contributed by atoms with E-state index in [-0.39, 0.29) is 12.8 Å². The van der Waals surface area contributed by atoms with Crippen LogP contribution in [-0.4, -0.2) is 98.3 Å². The van der Waals surface area contributed by atoms with Crippen LogP contribution in [0.1, 0.15) is 168 Å². The van der Waals surface area contributed by atoms with Gasteiger partial charge in [0.25, 0.3) is 0 Å². The molecule has 0 bridgehead atoms. The van der Waals surface area contributed by atoms with Crippen molar-refractivity contribution in [3.05, 3.63) is 12.2 Å². The monoisotopic (exact) mass is 780 g/mol. The second-order valence-corrected chi connectivity index (χ2v) is 15.9. The number of aliphatic hydroxyl groups is 5. The Labute approximate surface area is 318 Å². The van der Waals surface area contributed by atoms with E-state index in [2.05, 4.69) is 26.0 Å². The Morgan fingerprint density at radius 1 is 0.566 bits per heavy atom. The molecule has 0 spiro atoms. The van der Waals surface area contributed by atoms with Crippen molar-refractivity contribution in [2.45, 2.75) is 211 Å². The van der Waals surface area contributed by atoms with Crippen molar-refractivity contribution in [1.82, 2.24) is 0 Å². The highest BCUT2D eigenvalue weighted by atomic mass is 31.2. The molecule has 1 aliphatic carbocycles. The van der Waals surface area contributed by atoms with Gasteiger partial charge in [-0.3, -0.25) is 18.6 Å². The molecule has 0 radical (unpaired) electrons. The Morgan fingerprint density at radius 3 is 1.43 bits per heavy atom. The molecule has 0 heterocycles. The number of allylic oxidation sites excluding steroid dienone is 2. The molecule has 0 aromatic heterocycles. The zero-order valence-corrected chi connectivity index (χ0v) is 33.5. The number of unbranched alkanes of at least 4 members (excludes halogenated alkanes) is 19. The van der Waals surface area contributed by atoms with Gasteiger partial charge in [0, 0.05) is 12.8 Å². The molecule has 13 nitrogen and oxygen atoms in total. The Kier molecular flexibility index (Phi) is 28.8. The summed E-state index contributed by atoms with van der Waals surface area (Å²) in [5, 5.41) is 49.9. The number of hydrogen-bond acceptors (Lipinski definition) is 12. The van der Waals surface area contributed by atoms with Gasteiger partial charge in [-0.05, 0) is 38.5 Å². The van der Waals surface area contributed by atoms with Crippen molar-refractivity contribution in [3.8, 4) is 0 Å². The maximum Gasteiger partial charge on any atom is 0.472 e. The molecule has 53 heavy (non-hydrogen) atoms. The first-order valence-corrected chi connectivity index (χ1v) is 22.0. The quantitative estimate of drug-likeness (QED) is 0.0177. The summed E-state index contributed by atoms with van der Waals surface area (Å²) >= 11 is 0. The largest absolute Gasteiger partial charge is 0.472 e. The molecule has 0 saturated heterocycles. The summed E-state index contributed by atoms with van der Waals surface area (Å²) in [6, 6.07) is 0. The third-order valence-corrected chi connectivity index (χ3v) is 10.6. The van der Waals surface area contributed by atoms with Crippen LogP contribution in [0.4, 0.5) is 0 Å². The average Bonchev–Trinajstić information content (AvgIpc) is 3.13. The van der Waals surface area contributed by atoms with E-state index in [0.717, 1.165) is 57.8 Å². The van der Waals surface area contributed by atoms with Crippen LogP contribution in [0.5, 0.6) is 0 Å². The standard InChI is InChI=1S/C39H73O13P/c1-3-5-7-9-11-13-15-16-17-18-20-22-24-26-28-33(41)51-31(29-49-32(40)27-25-23-21-19-14-12-10-8-6-4-2)30-50-53(47,48)52-39-37(45)35(43)34(42)36(44)38(39)46/h15-16,31,34-39,42-46H,3-14,17-30H2,1-2H3,(H,47,48)/b16-15-. The SMILES string of the molecule is CCCCCCC/C=C\CCCCCCCC(=O)OC(COC(=O)CCCCCCCCCCCC)COP(=O)(O)OC1C(O)C(O)C(O)C(O)C1O. The zero-order valence-electron chi connectivity index (χ0n) is 32.6. The lowest BCUT2D eigenvalue weighted by Crippen LogP contribution is -2.64. The number of ether oxygens (including phenoxy) is 2. The van der Waals surface area contributed by atoms with E-state index in [0.29, 0.717) is 12.8 Å². The normalized spacial score (nSPS) is 23.5. The highest BCUT2D eigenvalue weighted by molar-refractivity contribution is 7.47. The smallest absolute Gasteiger partial charge is 0.462 e. The molecule has 0 aromatic carbocycles. The van der Waals surface area contributed by atoms with Crippen molar-refractivity contribution in [3.63, 3.8) is 0 Å². The van der Waals surface area contributed by atoms with Crippen LogP contribution in [0.15, 0.2) is 12.2 Å². The van der Waals surface area contributed by atoms with Gasteiger partial charge in [-0.2, -0.15) is 0 Å². The maximum absolute atomic E-state index is 12.7. The number of carbonyl (C=O) groups is 2. The number of hydrogen-bond donors (Lipinski definition) is 6. The lowest BCUT2D eigenvalue weighted by Gasteiger charge is -2.41. The lowest BCUT2D eigenvalue weighted by atomic mass is 9.85. The Balaban J connectivity index is 2.52. The van der Waals surface area contributed by atoms with Crippen LogP contribution < -0.4 is 0 Å². The minimum atomic E-state index is -5.11. The fourth-order valence-electron chi connectivity index (χ4n) is 6.22. The highest BCUT2D eigenvalue weighted by Crippen LogP contribution is 2.47. The molecule has 0 aliphatic heterocycles. The summed E-state index contributed by atoms with van der Waals surface area (Å²) in [6.07, 6.45) is 15.7. The second kappa shape index (κ2) is 30.8.